The van der Waals surface area contributed by atoms with Crippen molar-refractivity contribution in [2.75, 3.05) is 11.9 Å². The molecule has 136 valence electrons. The second-order valence-electron chi connectivity index (χ2n) is 7.45. The SMILES string of the molecule is CC(=O)Nc1cc2c(cn1)COc1cc(OCC3(C)CC(C)N3)ccc1-2. The van der Waals surface area contributed by atoms with Gasteiger partial charge < -0.3 is 20.1 Å². The van der Waals surface area contributed by atoms with Crippen LogP contribution in [0.25, 0.3) is 11.1 Å². The molecule has 2 unspecified atom stereocenters. The highest BCUT2D eigenvalue weighted by Gasteiger charge is 2.37. The Bertz CT molecular complexity index is 859. The molecule has 1 amide bonds. The van der Waals surface area contributed by atoms with Crippen LogP contribution in [0.15, 0.2) is 30.5 Å². The van der Waals surface area contributed by atoms with Crippen LogP contribution < -0.4 is 20.1 Å². The van der Waals surface area contributed by atoms with Crippen LogP contribution in [0.4, 0.5) is 5.82 Å². The highest BCUT2D eigenvalue weighted by Crippen LogP contribution is 2.40. The molecular weight excluding hydrogens is 330 g/mol. The molecule has 4 rings (SSSR count). The number of pyridine rings is 1. The standard InChI is InChI=1S/C20H23N3O3/c1-12-8-20(3,23-12)11-26-15-4-5-16-17-7-19(22-13(2)24)21-9-14(17)10-25-18(16)6-15/h4-7,9,12,23H,8,10-11H2,1-3H3,(H,21,22,24). The smallest absolute Gasteiger partial charge is 0.222 e. The van der Waals surface area contributed by atoms with Crippen LogP contribution in [-0.2, 0) is 11.4 Å². The molecule has 1 saturated heterocycles. The molecule has 1 aromatic carbocycles. The fourth-order valence-electron chi connectivity index (χ4n) is 3.78. The van der Waals surface area contributed by atoms with E-state index in [4.69, 9.17) is 9.47 Å². The van der Waals surface area contributed by atoms with Crippen molar-refractivity contribution in [1.29, 1.82) is 0 Å². The van der Waals surface area contributed by atoms with E-state index in [1.807, 2.05) is 24.3 Å². The summed E-state index contributed by atoms with van der Waals surface area (Å²) < 4.78 is 11.9. The quantitative estimate of drug-likeness (QED) is 0.884. The third-order valence-corrected chi connectivity index (χ3v) is 4.83. The van der Waals surface area contributed by atoms with Gasteiger partial charge in [-0.15, -0.1) is 0 Å². The average molecular weight is 353 g/mol. The minimum absolute atomic E-state index is 0.0434. The van der Waals surface area contributed by atoms with Gasteiger partial charge in [0.1, 0.15) is 30.5 Å². The van der Waals surface area contributed by atoms with Gasteiger partial charge in [-0.25, -0.2) is 4.98 Å². The molecular formula is C20H23N3O3. The third-order valence-electron chi connectivity index (χ3n) is 4.83. The van der Waals surface area contributed by atoms with Gasteiger partial charge in [0.25, 0.3) is 0 Å². The molecule has 26 heavy (non-hydrogen) atoms. The molecule has 6 heteroatoms. The van der Waals surface area contributed by atoms with Crippen LogP contribution in [0.2, 0.25) is 0 Å². The highest BCUT2D eigenvalue weighted by atomic mass is 16.5. The molecule has 0 radical (unpaired) electrons. The van der Waals surface area contributed by atoms with Crippen molar-refractivity contribution in [3.05, 3.63) is 36.0 Å². The molecule has 2 aliphatic heterocycles. The van der Waals surface area contributed by atoms with Crippen molar-refractivity contribution >= 4 is 11.7 Å². The molecule has 0 bridgehead atoms. The Balaban J connectivity index is 1.55. The van der Waals surface area contributed by atoms with Crippen LogP contribution in [-0.4, -0.2) is 29.1 Å². The first-order valence-corrected chi connectivity index (χ1v) is 8.86. The first kappa shape index (κ1) is 16.8. The van der Waals surface area contributed by atoms with Crippen LogP contribution in [0, 0.1) is 0 Å². The Kier molecular flexibility index (Phi) is 4.07. The predicted molar refractivity (Wildman–Crippen MR) is 99.4 cm³/mol. The number of benzene rings is 1. The molecule has 0 saturated carbocycles. The highest BCUT2D eigenvalue weighted by molar-refractivity contribution is 5.89. The van der Waals surface area contributed by atoms with E-state index in [-0.39, 0.29) is 11.4 Å². The van der Waals surface area contributed by atoms with E-state index in [0.717, 1.165) is 34.6 Å². The zero-order valence-electron chi connectivity index (χ0n) is 15.3. The Hall–Kier alpha value is -2.60. The Labute approximate surface area is 152 Å². The summed E-state index contributed by atoms with van der Waals surface area (Å²) in [5.74, 6) is 1.99. The summed E-state index contributed by atoms with van der Waals surface area (Å²) in [6.45, 7) is 6.91. The van der Waals surface area contributed by atoms with E-state index >= 15 is 0 Å². The Morgan fingerprint density at radius 3 is 2.96 bits per heavy atom. The molecule has 0 aliphatic carbocycles. The fraction of sp³-hybridized carbons (Fsp3) is 0.400. The van der Waals surface area contributed by atoms with Gasteiger partial charge in [-0.1, -0.05) is 0 Å². The van der Waals surface area contributed by atoms with Crippen molar-refractivity contribution in [2.45, 2.75) is 45.4 Å². The number of ether oxygens (including phenoxy) is 2. The minimum Gasteiger partial charge on any atom is -0.492 e. The van der Waals surface area contributed by atoms with Crippen LogP contribution in [0.1, 0.15) is 32.8 Å². The van der Waals surface area contributed by atoms with Gasteiger partial charge in [0.2, 0.25) is 5.91 Å². The Morgan fingerprint density at radius 1 is 1.42 bits per heavy atom. The fourth-order valence-corrected chi connectivity index (χ4v) is 3.78. The number of hydrogen-bond acceptors (Lipinski definition) is 5. The second-order valence-corrected chi connectivity index (χ2v) is 7.45. The van der Waals surface area contributed by atoms with Crippen LogP contribution in [0.3, 0.4) is 0 Å². The molecule has 0 spiro atoms. The number of amides is 1. The van der Waals surface area contributed by atoms with Gasteiger partial charge in [0.15, 0.2) is 0 Å². The van der Waals surface area contributed by atoms with Crippen molar-refractivity contribution in [3.8, 4) is 22.6 Å². The summed E-state index contributed by atoms with van der Waals surface area (Å²) in [5.41, 5.74) is 3.05. The molecule has 6 nitrogen and oxygen atoms in total. The normalized spacial score (nSPS) is 23.1. The van der Waals surface area contributed by atoms with Gasteiger partial charge in [-0.3, -0.25) is 4.79 Å². The number of carbonyl (C=O) groups is 1. The zero-order valence-corrected chi connectivity index (χ0v) is 15.3. The average Bonchev–Trinajstić information content (AvgIpc) is 2.58. The minimum atomic E-state index is -0.138. The number of nitrogens with one attached hydrogen (secondary N) is 2. The summed E-state index contributed by atoms with van der Waals surface area (Å²) in [6, 6.07) is 8.33. The van der Waals surface area contributed by atoms with E-state index in [0.29, 0.717) is 25.1 Å². The lowest BCUT2D eigenvalue weighted by Gasteiger charge is -2.45. The number of anilines is 1. The monoisotopic (exact) mass is 353 g/mol. The van der Waals surface area contributed by atoms with E-state index in [9.17, 15) is 4.79 Å². The summed E-state index contributed by atoms with van der Waals surface area (Å²) in [6.07, 6.45) is 2.86. The van der Waals surface area contributed by atoms with Crippen molar-refractivity contribution < 1.29 is 14.3 Å². The largest absolute Gasteiger partial charge is 0.492 e. The second kappa shape index (κ2) is 6.29. The van der Waals surface area contributed by atoms with Crippen LogP contribution >= 0.6 is 0 Å². The maximum absolute atomic E-state index is 11.3. The first-order valence-electron chi connectivity index (χ1n) is 8.86. The number of hydrogen-bond donors (Lipinski definition) is 2. The van der Waals surface area contributed by atoms with Gasteiger partial charge in [0, 0.05) is 36.4 Å². The molecule has 1 fully saturated rings. The molecule has 2 N–H and O–H groups in total. The topological polar surface area (TPSA) is 72.5 Å². The number of aromatic nitrogens is 1. The van der Waals surface area contributed by atoms with Gasteiger partial charge >= 0.3 is 0 Å². The summed E-state index contributed by atoms with van der Waals surface area (Å²) >= 11 is 0. The van der Waals surface area contributed by atoms with E-state index in [1.165, 1.54) is 6.92 Å². The van der Waals surface area contributed by atoms with Crippen LogP contribution in [0.5, 0.6) is 11.5 Å². The lowest BCUT2D eigenvalue weighted by molar-refractivity contribution is -0.114. The summed E-state index contributed by atoms with van der Waals surface area (Å²) in [4.78, 5) is 15.5. The van der Waals surface area contributed by atoms with E-state index in [2.05, 4.69) is 29.5 Å². The zero-order chi connectivity index (χ0) is 18.3. The number of fused-ring (bicyclic) bond motifs is 3. The molecule has 2 atom stereocenters. The van der Waals surface area contributed by atoms with Crippen molar-refractivity contribution in [2.24, 2.45) is 0 Å². The molecule has 3 heterocycles. The number of nitrogens with zero attached hydrogens (tertiary/aromatic N) is 1. The van der Waals surface area contributed by atoms with E-state index < -0.39 is 0 Å². The lowest BCUT2D eigenvalue weighted by atomic mass is 9.85. The summed E-state index contributed by atoms with van der Waals surface area (Å²) in [5, 5.41) is 6.22. The van der Waals surface area contributed by atoms with Crippen molar-refractivity contribution in [1.82, 2.24) is 10.3 Å². The molecule has 1 aromatic heterocycles. The van der Waals surface area contributed by atoms with Gasteiger partial charge in [-0.05, 0) is 44.0 Å². The molecule has 2 aliphatic rings. The summed E-state index contributed by atoms with van der Waals surface area (Å²) in [7, 11) is 0. The maximum atomic E-state index is 11.3. The lowest BCUT2D eigenvalue weighted by Crippen LogP contribution is -2.63. The first-order chi connectivity index (χ1) is 12.4. The van der Waals surface area contributed by atoms with Crippen molar-refractivity contribution in [3.63, 3.8) is 0 Å². The van der Waals surface area contributed by atoms with Gasteiger partial charge in [0.05, 0.1) is 5.54 Å². The number of carbonyl (C=O) groups excluding carboxylic acids is 1. The maximum Gasteiger partial charge on any atom is 0.222 e. The number of rotatable bonds is 4. The Morgan fingerprint density at radius 2 is 2.23 bits per heavy atom. The van der Waals surface area contributed by atoms with Gasteiger partial charge in [-0.2, -0.15) is 0 Å². The third kappa shape index (κ3) is 3.24. The van der Waals surface area contributed by atoms with E-state index in [1.54, 1.807) is 6.20 Å². The predicted octanol–water partition coefficient (Wildman–Crippen LogP) is 3.12. The molecule has 2 aromatic rings.